The van der Waals surface area contributed by atoms with E-state index in [9.17, 15) is 4.79 Å². The van der Waals surface area contributed by atoms with Crippen molar-refractivity contribution in [3.63, 3.8) is 0 Å². The van der Waals surface area contributed by atoms with Gasteiger partial charge >= 0.3 is 6.09 Å². The lowest BCUT2D eigenvalue weighted by atomic mass is 10.3. The second kappa shape index (κ2) is 5.43. The third-order valence-corrected chi connectivity index (χ3v) is 2.60. The van der Waals surface area contributed by atoms with Gasteiger partial charge in [0.05, 0.1) is 18.0 Å². The number of hydrogen-bond acceptors (Lipinski definition) is 4. The molecule has 0 unspecified atom stereocenters. The van der Waals surface area contributed by atoms with E-state index in [-0.39, 0.29) is 0 Å². The summed E-state index contributed by atoms with van der Waals surface area (Å²) >= 11 is 0. The highest BCUT2D eigenvalue weighted by molar-refractivity contribution is 5.89. The molecule has 0 spiro atoms. The summed E-state index contributed by atoms with van der Waals surface area (Å²) < 4.78 is 6.41. The van der Waals surface area contributed by atoms with E-state index in [1.165, 1.54) is 0 Å². The van der Waals surface area contributed by atoms with E-state index in [0.717, 1.165) is 5.69 Å². The summed E-state index contributed by atoms with van der Waals surface area (Å²) in [5.41, 5.74) is 7.95. The molecule has 0 radical (unpaired) electrons. The van der Waals surface area contributed by atoms with Crippen LogP contribution < -0.4 is 11.1 Å². The zero-order valence-electron chi connectivity index (χ0n) is 10.9. The van der Waals surface area contributed by atoms with E-state index >= 15 is 0 Å². The molecule has 1 heterocycles. The van der Waals surface area contributed by atoms with Gasteiger partial charge in [-0.15, -0.1) is 0 Å². The molecular formula is C13H16N4O2. The molecule has 6 heteroatoms. The van der Waals surface area contributed by atoms with Crippen LogP contribution in [0.3, 0.4) is 0 Å². The number of aryl methyl sites for hydroxylation is 1. The van der Waals surface area contributed by atoms with Crippen LogP contribution in [-0.4, -0.2) is 22.5 Å². The first-order chi connectivity index (χ1) is 9.13. The molecular weight excluding hydrogens is 244 g/mol. The zero-order valence-corrected chi connectivity index (χ0v) is 10.9. The maximum atomic E-state index is 11.4. The van der Waals surface area contributed by atoms with Gasteiger partial charge in [0, 0.05) is 0 Å². The molecule has 2 rings (SSSR count). The van der Waals surface area contributed by atoms with Gasteiger partial charge in [-0.25, -0.2) is 9.48 Å². The summed E-state index contributed by atoms with van der Waals surface area (Å²) in [4.78, 5) is 11.4. The molecule has 0 fully saturated rings. The monoisotopic (exact) mass is 260 g/mol. The van der Waals surface area contributed by atoms with Crippen LogP contribution in [-0.2, 0) is 4.74 Å². The lowest BCUT2D eigenvalue weighted by Gasteiger charge is -2.06. The van der Waals surface area contributed by atoms with Gasteiger partial charge in [0.15, 0.2) is 5.82 Å². The van der Waals surface area contributed by atoms with Crippen molar-refractivity contribution in [2.24, 2.45) is 0 Å². The number of hydrogen-bond donors (Lipinski definition) is 2. The molecule has 19 heavy (non-hydrogen) atoms. The summed E-state index contributed by atoms with van der Waals surface area (Å²) in [5, 5.41) is 6.92. The minimum Gasteiger partial charge on any atom is -0.450 e. The second-order valence-corrected chi connectivity index (χ2v) is 3.94. The lowest BCUT2D eigenvalue weighted by molar-refractivity contribution is 0.168. The number of nitrogens with zero attached hydrogens (tertiary/aromatic N) is 2. The predicted molar refractivity (Wildman–Crippen MR) is 73.4 cm³/mol. The molecule has 0 saturated heterocycles. The molecule has 100 valence electrons. The fourth-order valence-corrected chi connectivity index (χ4v) is 1.73. The van der Waals surface area contributed by atoms with Crippen molar-refractivity contribution >= 4 is 17.6 Å². The molecule has 0 atom stereocenters. The Morgan fingerprint density at radius 3 is 2.74 bits per heavy atom. The van der Waals surface area contributed by atoms with Crippen LogP contribution in [0.1, 0.15) is 12.6 Å². The number of rotatable bonds is 3. The second-order valence-electron chi connectivity index (χ2n) is 3.94. The van der Waals surface area contributed by atoms with Gasteiger partial charge in [0.25, 0.3) is 0 Å². The number of amides is 1. The van der Waals surface area contributed by atoms with Crippen LogP contribution in [0.5, 0.6) is 0 Å². The van der Waals surface area contributed by atoms with Crippen molar-refractivity contribution in [1.82, 2.24) is 9.78 Å². The summed E-state index contributed by atoms with van der Waals surface area (Å²) in [7, 11) is 0. The van der Waals surface area contributed by atoms with Crippen molar-refractivity contribution in [3.05, 3.63) is 36.0 Å². The minimum atomic E-state index is -0.537. The predicted octanol–water partition coefficient (Wildman–Crippen LogP) is 2.33. The summed E-state index contributed by atoms with van der Waals surface area (Å²) in [6.07, 6.45) is -0.537. The Balaban J connectivity index is 2.33. The van der Waals surface area contributed by atoms with E-state index in [1.54, 1.807) is 18.5 Å². The van der Waals surface area contributed by atoms with E-state index < -0.39 is 6.09 Å². The standard InChI is InChI=1S/C13H16N4O2/c1-3-19-13(18)15-11-9(2)16-17(12(11)14)10-7-5-4-6-8-10/h4-8H,3,14H2,1-2H3,(H,15,18). The van der Waals surface area contributed by atoms with Crippen molar-refractivity contribution in [3.8, 4) is 5.69 Å². The first kappa shape index (κ1) is 12.9. The Morgan fingerprint density at radius 1 is 1.42 bits per heavy atom. The van der Waals surface area contributed by atoms with Gasteiger partial charge in [-0.3, -0.25) is 5.32 Å². The number of aromatic nitrogens is 2. The van der Waals surface area contributed by atoms with Gasteiger partial charge in [-0.2, -0.15) is 5.10 Å². The quantitative estimate of drug-likeness (QED) is 0.887. The number of carbonyl (C=O) groups is 1. The largest absolute Gasteiger partial charge is 0.450 e. The minimum absolute atomic E-state index is 0.303. The molecule has 1 aromatic heterocycles. The average molecular weight is 260 g/mol. The fraction of sp³-hybridized carbons (Fsp3) is 0.231. The highest BCUT2D eigenvalue weighted by Crippen LogP contribution is 2.25. The van der Waals surface area contributed by atoms with E-state index in [4.69, 9.17) is 10.5 Å². The van der Waals surface area contributed by atoms with E-state index in [2.05, 4.69) is 10.4 Å². The molecule has 1 aromatic carbocycles. The summed E-state index contributed by atoms with van der Waals surface area (Å²) in [6.45, 7) is 3.82. The number of ether oxygens (including phenoxy) is 1. The highest BCUT2D eigenvalue weighted by Gasteiger charge is 2.16. The number of nitrogen functional groups attached to an aromatic ring is 1. The fourth-order valence-electron chi connectivity index (χ4n) is 1.73. The normalized spacial score (nSPS) is 10.2. The molecule has 0 aliphatic heterocycles. The highest BCUT2D eigenvalue weighted by atomic mass is 16.5. The molecule has 1 amide bonds. The van der Waals surface area contributed by atoms with Crippen LogP contribution in [0, 0.1) is 6.92 Å². The number of carbonyl (C=O) groups excluding carboxylic acids is 1. The smallest absolute Gasteiger partial charge is 0.411 e. The van der Waals surface area contributed by atoms with Gasteiger partial charge in [-0.05, 0) is 26.0 Å². The topological polar surface area (TPSA) is 82.2 Å². The van der Waals surface area contributed by atoms with Gasteiger partial charge in [0.2, 0.25) is 0 Å². The molecule has 0 bridgehead atoms. The summed E-state index contributed by atoms with van der Waals surface area (Å²) in [5.74, 6) is 0.372. The number of benzene rings is 1. The Kier molecular flexibility index (Phi) is 3.70. The lowest BCUT2D eigenvalue weighted by Crippen LogP contribution is -2.14. The first-order valence-corrected chi connectivity index (χ1v) is 5.97. The van der Waals surface area contributed by atoms with Gasteiger partial charge in [-0.1, -0.05) is 18.2 Å². The van der Waals surface area contributed by atoms with Crippen molar-refractivity contribution in [2.75, 3.05) is 17.7 Å². The molecule has 0 saturated carbocycles. The molecule has 0 aliphatic carbocycles. The summed E-state index contributed by atoms with van der Waals surface area (Å²) in [6, 6.07) is 9.47. The third-order valence-electron chi connectivity index (χ3n) is 2.60. The number of anilines is 2. The average Bonchev–Trinajstić information content (AvgIpc) is 2.68. The van der Waals surface area contributed by atoms with Gasteiger partial charge in [0.1, 0.15) is 5.69 Å². The SMILES string of the molecule is CCOC(=O)Nc1c(C)nn(-c2ccccc2)c1N. The van der Waals surface area contributed by atoms with Crippen molar-refractivity contribution in [1.29, 1.82) is 0 Å². The Labute approximate surface area is 111 Å². The number of nitrogens with two attached hydrogens (primary N) is 1. The van der Waals surface area contributed by atoms with E-state index in [0.29, 0.717) is 23.8 Å². The van der Waals surface area contributed by atoms with Crippen molar-refractivity contribution in [2.45, 2.75) is 13.8 Å². The van der Waals surface area contributed by atoms with Crippen LogP contribution in [0.2, 0.25) is 0 Å². The van der Waals surface area contributed by atoms with Gasteiger partial charge < -0.3 is 10.5 Å². The van der Waals surface area contributed by atoms with E-state index in [1.807, 2.05) is 30.3 Å². The maximum Gasteiger partial charge on any atom is 0.411 e. The van der Waals surface area contributed by atoms with Crippen molar-refractivity contribution < 1.29 is 9.53 Å². The van der Waals surface area contributed by atoms with Crippen LogP contribution >= 0.6 is 0 Å². The molecule has 2 aromatic rings. The Hall–Kier alpha value is -2.50. The number of para-hydroxylation sites is 1. The molecule has 3 N–H and O–H groups in total. The number of nitrogens with one attached hydrogen (secondary N) is 1. The Morgan fingerprint density at radius 2 is 2.11 bits per heavy atom. The molecule has 6 nitrogen and oxygen atoms in total. The third kappa shape index (κ3) is 2.67. The van der Waals surface area contributed by atoms with Crippen LogP contribution in [0.15, 0.2) is 30.3 Å². The first-order valence-electron chi connectivity index (χ1n) is 5.97. The van der Waals surface area contributed by atoms with Crippen LogP contribution in [0.25, 0.3) is 5.69 Å². The molecule has 0 aliphatic rings. The van der Waals surface area contributed by atoms with Crippen LogP contribution in [0.4, 0.5) is 16.3 Å². The zero-order chi connectivity index (χ0) is 13.8. The Bertz CT molecular complexity index is 578. The maximum absolute atomic E-state index is 11.4.